The molecule has 1 atom stereocenters. The zero-order valence-corrected chi connectivity index (χ0v) is 17.7. The number of likely N-dealkylation sites (N-methyl/N-ethyl adjacent to an activating group) is 1. The summed E-state index contributed by atoms with van der Waals surface area (Å²) in [6, 6.07) is 12.8. The number of amides is 2. The van der Waals surface area contributed by atoms with E-state index in [0.717, 1.165) is 42.6 Å². The maximum Gasteiger partial charge on any atom is 0.414 e. The summed E-state index contributed by atoms with van der Waals surface area (Å²) in [6.07, 6.45) is 2.23. The van der Waals surface area contributed by atoms with Crippen LogP contribution in [0.3, 0.4) is 0 Å². The predicted molar refractivity (Wildman–Crippen MR) is 119 cm³/mol. The van der Waals surface area contributed by atoms with E-state index in [0.29, 0.717) is 6.54 Å². The summed E-state index contributed by atoms with van der Waals surface area (Å²) in [6.45, 7) is 2.31. The number of benzodiazepines with no additional fused rings is 1. The highest BCUT2D eigenvalue weighted by Gasteiger charge is 2.35. The number of nitro groups is 1. The Hall–Kier alpha value is -3.75. The number of hydrogen-bond acceptors (Lipinski definition) is 6. The molecule has 1 fully saturated rings. The molecule has 0 aromatic heterocycles. The van der Waals surface area contributed by atoms with Gasteiger partial charge >= 0.3 is 6.09 Å². The lowest BCUT2D eigenvalue weighted by Crippen LogP contribution is -2.48. The Bertz CT molecular complexity index is 1060. The van der Waals surface area contributed by atoms with E-state index < -0.39 is 17.2 Å². The van der Waals surface area contributed by atoms with Crippen LogP contribution in [0.25, 0.3) is 0 Å². The number of carbonyl (C=O) groups excluding carboxylic acids is 2. The van der Waals surface area contributed by atoms with Gasteiger partial charge in [-0.25, -0.2) is 4.79 Å². The molecule has 0 unspecified atom stereocenters. The molecule has 9 nitrogen and oxygen atoms in total. The van der Waals surface area contributed by atoms with Gasteiger partial charge in [0, 0.05) is 30.2 Å². The number of nitrogens with one attached hydrogen (secondary N) is 1. The molecule has 2 amide bonds. The third-order valence-corrected chi connectivity index (χ3v) is 5.81. The lowest BCUT2D eigenvalue weighted by molar-refractivity contribution is -0.384. The van der Waals surface area contributed by atoms with Gasteiger partial charge in [-0.05, 0) is 38.0 Å². The fraction of sp³-hybridized carbons (Fsp3) is 0.348. The standard InChI is InChI=1S/C23H24N4O5/c1-2-26-19-10-6-5-9-18(19)20(15-7-3-4-8-15)24-21(22(26)28)25-23(29)32-17-13-11-16(12-14-17)27(30)31/h5-6,9-15,21H,2-4,7-8H2,1H3,(H,25,29)/t21-/m1/s1. The molecule has 0 spiro atoms. The number of nitro benzene ring substituents is 1. The fourth-order valence-electron chi connectivity index (χ4n) is 4.28. The van der Waals surface area contributed by atoms with Gasteiger partial charge in [0.1, 0.15) is 5.75 Å². The summed E-state index contributed by atoms with van der Waals surface area (Å²) < 4.78 is 5.24. The van der Waals surface area contributed by atoms with Gasteiger partial charge in [0.25, 0.3) is 11.6 Å². The molecule has 0 radical (unpaired) electrons. The molecular weight excluding hydrogens is 412 g/mol. The average Bonchev–Trinajstić information content (AvgIpc) is 3.29. The number of aliphatic imine (C=N–C) groups is 1. The maximum atomic E-state index is 13.3. The topological polar surface area (TPSA) is 114 Å². The van der Waals surface area contributed by atoms with E-state index in [9.17, 15) is 19.7 Å². The molecule has 1 aliphatic heterocycles. The predicted octanol–water partition coefficient (Wildman–Crippen LogP) is 4.06. The van der Waals surface area contributed by atoms with Crippen LogP contribution >= 0.6 is 0 Å². The van der Waals surface area contributed by atoms with Crippen LogP contribution in [-0.2, 0) is 4.79 Å². The smallest absolute Gasteiger partial charge is 0.410 e. The van der Waals surface area contributed by atoms with Crippen LogP contribution in [0.1, 0.15) is 38.2 Å². The van der Waals surface area contributed by atoms with Crippen molar-refractivity contribution < 1.29 is 19.2 Å². The molecule has 0 saturated heterocycles. The van der Waals surface area contributed by atoms with Gasteiger partial charge in [-0.2, -0.15) is 0 Å². The highest BCUT2D eigenvalue weighted by Crippen LogP contribution is 2.34. The first kappa shape index (κ1) is 21.5. The van der Waals surface area contributed by atoms with Gasteiger partial charge in [0.15, 0.2) is 0 Å². The SMILES string of the molecule is CCN1C(=O)[C@@H](NC(=O)Oc2ccc([N+](=O)[O-])cc2)N=C(C2CCCC2)c2ccccc21. The Morgan fingerprint density at radius 2 is 1.88 bits per heavy atom. The van der Waals surface area contributed by atoms with Crippen LogP contribution in [0.4, 0.5) is 16.2 Å². The lowest BCUT2D eigenvalue weighted by Gasteiger charge is -2.24. The number of anilines is 1. The van der Waals surface area contributed by atoms with Crippen LogP contribution in [0.5, 0.6) is 5.75 Å². The molecular formula is C23H24N4O5. The summed E-state index contributed by atoms with van der Waals surface area (Å²) in [5.41, 5.74) is 2.43. The molecule has 1 aliphatic carbocycles. The number of ether oxygens (including phenoxy) is 1. The average molecular weight is 436 g/mol. The molecule has 2 aliphatic rings. The summed E-state index contributed by atoms with van der Waals surface area (Å²) in [4.78, 5) is 42.4. The summed E-state index contributed by atoms with van der Waals surface area (Å²) >= 11 is 0. The quantitative estimate of drug-likeness (QED) is 0.561. The number of hydrogen-bond donors (Lipinski definition) is 1. The van der Waals surface area contributed by atoms with Crippen molar-refractivity contribution in [3.05, 3.63) is 64.2 Å². The van der Waals surface area contributed by atoms with Crippen LogP contribution in [0.15, 0.2) is 53.5 Å². The minimum atomic E-state index is -1.12. The number of carbonyl (C=O) groups is 2. The zero-order valence-electron chi connectivity index (χ0n) is 17.7. The van der Waals surface area contributed by atoms with E-state index in [1.165, 1.54) is 24.3 Å². The Labute approximate surface area is 185 Å². The maximum absolute atomic E-state index is 13.3. The van der Waals surface area contributed by atoms with Crippen LogP contribution in [-0.4, -0.2) is 35.3 Å². The summed E-state index contributed by atoms with van der Waals surface area (Å²) in [5, 5.41) is 13.4. The molecule has 1 saturated carbocycles. The number of fused-ring (bicyclic) bond motifs is 1. The second-order valence-corrected chi connectivity index (χ2v) is 7.78. The van der Waals surface area contributed by atoms with E-state index in [-0.39, 0.29) is 23.3 Å². The number of non-ortho nitro benzene ring substituents is 1. The number of para-hydroxylation sites is 1. The minimum Gasteiger partial charge on any atom is -0.410 e. The van der Waals surface area contributed by atoms with Gasteiger partial charge in [0.05, 0.1) is 16.3 Å². The fourth-order valence-corrected chi connectivity index (χ4v) is 4.28. The molecule has 9 heteroatoms. The Morgan fingerprint density at radius 3 is 2.53 bits per heavy atom. The van der Waals surface area contributed by atoms with E-state index in [4.69, 9.17) is 9.73 Å². The van der Waals surface area contributed by atoms with Crippen molar-refractivity contribution in [2.75, 3.05) is 11.4 Å². The number of nitrogens with zero attached hydrogens (tertiary/aromatic N) is 3. The summed E-state index contributed by atoms with van der Waals surface area (Å²) in [5.74, 6) is 0.0224. The molecule has 1 heterocycles. The van der Waals surface area contributed by atoms with Gasteiger partial charge in [-0.15, -0.1) is 0 Å². The Kier molecular flexibility index (Phi) is 6.16. The largest absolute Gasteiger partial charge is 0.414 e. The van der Waals surface area contributed by atoms with Gasteiger partial charge in [-0.1, -0.05) is 31.0 Å². The van der Waals surface area contributed by atoms with E-state index >= 15 is 0 Å². The van der Waals surface area contributed by atoms with Crippen molar-refractivity contribution in [1.82, 2.24) is 5.32 Å². The Balaban J connectivity index is 1.60. The molecule has 4 rings (SSSR count). The van der Waals surface area contributed by atoms with Crippen molar-refractivity contribution in [3.8, 4) is 5.75 Å². The monoisotopic (exact) mass is 436 g/mol. The molecule has 166 valence electrons. The van der Waals surface area contributed by atoms with Gasteiger partial charge in [0.2, 0.25) is 6.17 Å². The van der Waals surface area contributed by atoms with Crippen LogP contribution in [0, 0.1) is 16.0 Å². The molecule has 2 aromatic carbocycles. The first-order valence-corrected chi connectivity index (χ1v) is 10.7. The molecule has 2 aromatic rings. The van der Waals surface area contributed by atoms with Gasteiger partial charge < -0.3 is 9.64 Å². The molecule has 1 N–H and O–H groups in total. The third-order valence-electron chi connectivity index (χ3n) is 5.81. The van der Waals surface area contributed by atoms with Crippen LogP contribution < -0.4 is 15.0 Å². The highest BCUT2D eigenvalue weighted by atomic mass is 16.6. The molecule has 0 bridgehead atoms. The lowest BCUT2D eigenvalue weighted by atomic mass is 9.94. The highest BCUT2D eigenvalue weighted by molar-refractivity contribution is 6.14. The minimum absolute atomic E-state index is 0.112. The normalized spacial score (nSPS) is 18.5. The van der Waals surface area contributed by atoms with Crippen molar-refractivity contribution >= 4 is 29.1 Å². The van der Waals surface area contributed by atoms with Crippen LogP contribution in [0.2, 0.25) is 0 Å². The first-order valence-electron chi connectivity index (χ1n) is 10.7. The summed E-state index contributed by atoms with van der Waals surface area (Å²) in [7, 11) is 0. The Morgan fingerprint density at radius 1 is 1.19 bits per heavy atom. The second kappa shape index (κ2) is 9.17. The van der Waals surface area contributed by atoms with E-state index in [2.05, 4.69) is 5.32 Å². The van der Waals surface area contributed by atoms with Gasteiger partial charge in [-0.3, -0.25) is 25.2 Å². The second-order valence-electron chi connectivity index (χ2n) is 7.78. The van der Waals surface area contributed by atoms with Crippen molar-refractivity contribution in [2.45, 2.75) is 38.8 Å². The number of rotatable bonds is 5. The van der Waals surface area contributed by atoms with Crippen molar-refractivity contribution in [1.29, 1.82) is 0 Å². The van der Waals surface area contributed by atoms with E-state index in [1.54, 1.807) is 4.90 Å². The zero-order chi connectivity index (χ0) is 22.7. The van der Waals surface area contributed by atoms with Crippen molar-refractivity contribution in [3.63, 3.8) is 0 Å². The number of benzene rings is 2. The third kappa shape index (κ3) is 4.32. The molecule has 32 heavy (non-hydrogen) atoms. The van der Waals surface area contributed by atoms with Crippen molar-refractivity contribution in [2.24, 2.45) is 10.9 Å². The van der Waals surface area contributed by atoms with E-state index in [1.807, 2.05) is 31.2 Å². The first-order chi connectivity index (χ1) is 15.5.